The van der Waals surface area contributed by atoms with Gasteiger partial charge in [-0.2, -0.15) is 0 Å². The number of aryl methyl sites for hydroxylation is 2. The summed E-state index contributed by atoms with van der Waals surface area (Å²) in [6, 6.07) is 40.3. The molecule has 0 amide bonds. The standard InChI is InChI=1S/C24H23NO3.C24H22NO3.CH2Cl2.B.ClH.Na.H2O.H/c2*1-15-5-11-19-21(13-15)28-22-14-18(25(2)3)10-12-20(22)23(19)16-6-8-17(9-7-16)24(26)27-4;2-1-3;;;;;/h5-14,23H,1-4H3;5-14H,1-4H3;1H2;;1H;;1H2;/q;+1;;;;+1;;-1/p-1. The van der Waals surface area contributed by atoms with Crippen molar-refractivity contribution in [3.8, 4) is 33.9 Å². The average molecular weight is 919 g/mol. The number of esters is 2. The smallest absolute Gasteiger partial charge is 1.00 e. The summed E-state index contributed by atoms with van der Waals surface area (Å²) in [5.74, 6) is 1.96. The second kappa shape index (κ2) is 24.3. The van der Waals surface area contributed by atoms with Gasteiger partial charge in [0.2, 0.25) is 5.36 Å². The summed E-state index contributed by atoms with van der Waals surface area (Å²) in [6.45, 7) is 4.12. The zero-order chi connectivity index (χ0) is 42.4. The Hall–Kier alpha value is -4.78. The molecule has 9 nitrogen and oxygen atoms in total. The van der Waals surface area contributed by atoms with Crippen LogP contribution in [0.1, 0.15) is 55.9 Å². The van der Waals surface area contributed by atoms with E-state index in [0.717, 1.165) is 83.8 Å². The minimum atomic E-state index is -0.337. The number of rotatable bonds is 5. The normalized spacial score (nSPS) is 11.6. The first-order valence-corrected chi connectivity index (χ1v) is 20.0. The van der Waals surface area contributed by atoms with Gasteiger partial charge in [-0.3, -0.25) is 0 Å². The minimum absolute atomic E-state index is 0. The van der Waals surface area contributed by atoms with Crippen LogP contribution < -0.4 is 61.5 Å². The van der Waals surface area contributed by atoms with E-state index in [1.165, 1.54) is 14.2 Å². The molecule has 63 heavy (non-hydrogen) atoms. The monoisotopic (exact) mass is 917 g/mol. The van der Waals surface area contributed by atoms with Crippen LogP contribution in [-0.4, -0.2) is 73.6 Å². The van der Waals surface area contributed by atoms with Gasteiger partial charge in [-0.15, -0.1) is 23.2 Å². The molecule has 1 unspecified atom stereocenters. The molecule has 2 aliphatic heterocycles. The first-order valence-electron chi connectivity index (χ1n) is 18.9. The molecule has 2 heterocycles. The van der Waals surface area contributed by atoms with Crippen molar-refractivity contribution in [2.24, 2.45) is 0 Å². The molecule has 0 aromatic heterocycles. The van der Waals surface area contributed by atoms with Crippen molar-refractivity contribution in [1.82, 2.24) is 4.58 Å². The molecular weight excluding hydrogens is 869 g/mol. The van der Waals surface area contributed by atoms with Crippen molar-refractivity contribution < 1.29 is 77.1 Å². The molecular formula is C49H50BCl3N2NaO7. The number of fused-ring (bicyclic) bond motifs is 4. The molecule has 3 aliphatic rings. The predicted octanol–water partition coefficient (Wildman–Crippen LogP) is 3.80. The van der Waals surface area contributed by atoms with Gasteiger partial charge >= 0.3 is 41.5 Å². The van der Waals surface area contributed by atoms with Gasteiger partial charge in [-0.25, -0.2) is 14.2 Å². The molecule has 3 radical (unpaired) electrons. The van der Waals surface area contributed by atoms with Crippen LogP contribution in [0.3, 0.4) is 0 Å². The molecule has 0 bridgehead atoms. The number of nitrogens with zero attached hydrogens (tertiary/aromatic N) is 2. The summed E-state index contributed by atoms with van der Waals surface area (Å²) in [4.78, 5) is 25.6. The molecule has 14 heteroatoms. The third kappa shape index (κ3) is 12.3. The summed E-state index contributed by atoms with van der Waals surface area (Å²) in [5.41, 5.74) is 11.8. The van der Waals surface area contributed by atoms with E-state index in [4.69, 9.17) is 41.8 Å². The number of hydrogen-bond donors (Lipinski definition) is 0. The summed E-state index contributed by atoms with van der Waals surface area (Å²) >= 11 is 9.53. The van der Waals surface area contributed by atoms with Crippen molar-refractivity contribution in [2.75, 3.05) is 52.6 Å². The van der Waals surface area contributed by atoms with Crippen LogP contribution in [0.25, 0.3) is 33.4 Å². The molecule has 1 atom stereocenters. The van der Waals surface area contributed by atoms with Crippen molar-refractivity contribution in [3.63, 3.8) is 0 Å². The maximum atomic E-state index is 11.8. The molecule has 5 aromatic carbocycles. The zero-order valence-electron chi connectivity index (χ0n) is 37.9. The van der Waals surface area contributed by atoms with Gasteiger partial charge in [0.15, 0.2) is 0 Å². The van der Waals surface area contributed by atoms with Gasteiger partial charge in [0.1, 0.15) is 36.9 Å². The molecule has 0 fully saturated rings. The van der Waals surface area contributed by atoms with E-state index in [1.807, 2.05) is 64.6 Å². The van der Waals surface area contributed by atoms with E-state index in [0.29, 0.717) is 11.1 Å². The first kappa shape index (κ1) is 54.4. The quantitative estimate of drug-likeness (QED) is 0.0850. The Morgan fingerprint density at radius 2 is 1.25 bits per heavy atom. The number of benzene rings is 6. The SMILES string of the molecule is COC(=O)c1ccc(-c2c3ccc(=[N+](C)C)cc-3oc3cc(C)ccc23)cc1.COC(=O)c1ccc(C2c3ccc(C)cc3Oc3cc(N(C)C)ccc32)cc1.ClCCl.O.[B].[Cl-].[H-].[Na+]. The molecule has 0 spiro atoms. The summed E-state index contributed by atoms with van der Waals surface area (Å²) < 4.78 is 24.2. The van der Waals surface area contributed by atoms with Crippen LogP contribution in [0.15, 0.2) is 126 Å². The predicted molar refractivity (Wildman–Crippen MR) is 249 cm³/mol. The zero-order valence-corrected chi connectivity index (χ0v) is 41.2. The summed E-state index contributed by atoms with van der Waals surface area (Å²) in [5, 5.41) is 2.32. The van der Waals surface area contributed by atoms with E-state index in [-0.39, 0.29) is 80.5 Å². The van der Waals surface area contributed by atoms with Gasteiger partial charge in [0.05, 0.1) is 36.8 Å². The van der Waals surface area contributed by atoms with Gasteiger partial charge in [-0.1, -0.05) is 54.6 Å². The fraction of sp³-hybridized carbons (Fsp3) is 0.204. The van der Waals surface area contributed by atoms with E-state index < -0.39 is 0 Å². The molecule has 1 aliphatic carbocycles. The van der Waals surface area contributed by atoms with Crippen LogP contribution in [-0.2, 0) is 9.47 Å². The maximum Gasteiger partial charge on any atom is 1.00 e. The van der Waals surface area contributed by atoms with Gasteiger partial charge < -0.3 is 42.8 Å². The van der Waals surface area contributed by atoms with E-state index >= 15 is 0 Å². The fourth-order valence-corrected chi connectivity index (χ4v) is 7.14. The average Bonchev–Trinajstić information content (AvgIpc) is 3.24. The molecule has 0 saturated heterocycles. The van der Waals surface area contributed by atoms with Gasteiger partial charge in [0.25, 0.3) is 0 Å². The number of halogens is 3. The van der Waals surface area contributed by atoms with Crippen LogP contribution >= 0.6 is 23.2 Å². The Morgan fingerprint density at radius 1 is 0.730 bits per heavy atom. The fourth-order valence-electron chi connectivity index (χ4n) is 7.14. The van der Waals surface area contributed by atoms with E-state index in [2.05, 4.69) is 96.1 Å². The maximum absolute atomic E-state index is 11.8. The third-order valence-corrected chi connectivity index (χ3v) is 10.2. The van der Waals surface area contributed by atoms with Crippen molar-refractivity contribution in [1.29, 1.82) is 0 Å². The molecule has 323 valence electrons. The largest absolute Gasteiger partial charge is 1.00 e. The van der Waals surface area contributed by atoms with Gasteiger partial charge in [0, 0.05) is 73.9 Å². The van der Waals surface area contributed by atoms with Crippen molar-refractivity contribution in [2.45, 2.75) is 19.8 Å². The Balaban J connectivity index is 0.000000562. The number of methoxy groups -OCH3 is 2. The Labute approximate surface area is 411 Å². The first-order chi connectivity index (χ1) is 28.4. The van der Waals surface area contributed by atoms with E-state index in [1.54, 1.807) is 12.1 Å². The molecule has 8 rings (SSSR count). The third-order valence-electron chi connectivity index (χ3n) is 10.2. The molecule has 2 N–H and O–H groups in total. The Morgan fingerprint density at radius 3 is 1.81 bits per heavy atom. The minimum Gasteiger partial charge on any atom is -1.00 e. The number of alkyl halides is 2. The Bertz CT molecular complexity index is 2690. The summed E-state index contributed by atoms with van der Waals surface area (Å²) in [7, 11) is 10.8. The van der Waals surface area contributed by atoms with E-state index in [9.17, 15) is 9.59 Å². The van der Waals surface area contributed by atoms with Crippen molar-refractivity contribution in [3.05, 3.63) is 166 Å². The summed E-state index contributed by atoms with van der Waals surface area (Å²) in [6.07, 6.45) is 0. The topological polar surface area (TPSA) is 113 Å². The van der Waals surface area contributed by atoms with Crippen LogP contribution in [0.4, 0.5) is 5.69 Å². The number of anilines is 1. The second-order valence-electron chi connectivity index (χ2n) is 14.5. The molecule has 5 aromatic rings. The number of carbonyl (C=O) groups is 2. The number of hydrogen-bond acceptors (Lipinski definition) is 7. The number of carbonyl (C=O) groups excluding carboxylic acids is 2. The Kier molecular flexibility index (Phi) is 21.0. The molecule has 0 saturated carbocycles. The van der Waals surface area contributed by atoms with Gasteiger partial charge in [-0.05, 0) is 84.6 Å². The second-order valence-corrected chi connectivity index (χ2v) is 15.3. The number of ether oxygens (including phenoxy) is 3. The van der Waals surface area contributed by atoms with Crippen LogP contribution in [0.2, 0.25) is 0 Å². The van der Waals surface area contributed by atoms with Crippen molar-refractivity contribution >= 4 is 60.2 Å². The van der Waals surface area contributed by atoms with Crippen LogP contribution in [0.5, 0.6) is 11.5 Å². The van der Waals surface area contributed by atoms with Crippen LogP contribution in [0, 0.1) is 13.8 Å².